The van der Waals surface area contributed by atoms with Gasteiger partial charge in [0.25, 0.3) is 0 Å². The van der Waals surface area contributed by atoms with E-state index in [2.05, 4.69) is 48.5 Å². The van der Waals surface area contributed by atoms with Crippen LogP contribution >= 0.6 is 0 Å². The first-order valence-corrected chi connectivity index (χ1v) is 20.5. The molecule has 0 radical (unpaired) electrons. The van der Waals surface area contributed by atoms with Crippen LogP contribution in [0.1, 0.15) is 151 Å². The molecular weight excluding hydrogens is 552 g/mol. The Kier molecular flexibility index (Phi) is 10.1. The predicted molar refractivity (Wildman–Crippen MR) is 185 cm³/mol. The van der Waals surface area contributed by atoms with Crippen LogP contribution in [0.4, 0.5) is 0 Å². The second-order valence-electron chi connectivity index (χ2n) is 19.4. The average Bonchev–Trinajstić information content (AvgIpc) is 2.96. The normalized spacial score (nSPS) is 49.1. The minimum absolute atomic E-state index is 0.428. The van der Waals surface area contributed by atoms with E-state index in [9.17, 15) is 0 Å². The van der Waals surface area contributed by atoms with E-state index < -0.39 is 0 Å². The molecule has 0 aromatic carbocycles. The lowest BCUT2D eigenvalue weighted by Gasteiger charge is -2.58. The first-order valence-electron chi connectivity index (χ1n) is 20.5. The van der Waals surface area contributed by atoms with Crippen LogP contribution in [0.3, 0.4) is 0 Å². The summed E-state index contributed by atoms with van der Waals surface area (Å²) in [6, 6.07) is 0. The standard InChI is InChI=1S/C15H26O.C14H24O.C13H22O/c1-9(2)10(3)16-15-13-5-11-4-12(7-13)8-14(15)6-11;1-3-15-10(2)14-7-11-4-12(8-14)6-13(5-11)9-14;1-8(2)14-13-11-4-9-3-10(6-11)7-12(13)5-9/h9-15H,4-8H2,1-3H3;10-13H,3-9H2,1-2H3;8-13H,3-7H2,1-2H3. The topological polar surface area (TPSA) is 27.7 Å². The van der Waals surface area contributed by atoms with Crippen molar-refractivity contribution in [1.29, 1.82) is 0 Å². The summed E-state index contributed by atoms with van der Waals surface area (Å²) in [5.74, 6) is 11.8. The second kappa shape index (κ2) is 13.7. The molecule has 12 rings (SSSR count). The molecule has 0 saturated heterocycles. The van der Waals surface area contributed by atoms with Gasteiger partial charge in [-0.3, -0.25) is 0 Å². The lowest BCUT2D eigenvalue weighted by atomic mass is 9.48. The molecule has 3 nitrogen and oxygen atoms in total. The third-order valence-electron chi connectivity index (χ3n) is 15.4. The molecule has 12 aliphatic carbocycles. The third-order valence-corrected chi connectivity index (χ3v) is 15.4. The zero-order valence-electron chi connectivity index (χ0n) is 30.6. The van der Waals surface area contributed by atoms with Crippen LogP contribution in [0, 0.1) is 76.4 Å². The summed E-state index contributed by atoms with van der Waals surface area (Å²) in [7, 11) is 0. The average molecular weight is 625 g/mol. The van der Waals surface area contributed by atoms with Gasteiger partial charge in [0.05, 0.1) is 30.5 Å². The van der Waals surface area contributed by atoms with Crippen molar-refractivity contribution >= 4 is 0 Å². The van der Waals surface area contributed by atoms with Crippen LogP contribution in [0.2, 0.25) is 0 Å². The molecule has 12 fully saturated rings. The van der Waals surface area contributed by atoms with E-state index in [1.165, 1.54) is 89.9 Å². The van der Waals surface area contributed by atoms with E-state index >= 15 is 0 Å². The maximum Gasteiger partial charge on any atom is 0.0635 e. The summed E-state index contributed by atoms with van der Waals surface area (Å²) in [5, 5.41) is 0. The van der Waals surface area contributed by atoms with Crippen LogP contribution in [0.15, 0.2) is 0 Å². The summed E-state index contributed by atoms with van der Waals surface area (Å²) in [6.45, 7) is 16.5. The van der Waals surface area contributed by atoms with Crippen molar-refractivity contribution in [3.8, 4) is 0 Å². The van der Waals surface area contributed by atoms with Gasteiger partial charge in [-0.15, -0.1) is 0 Å². The highest BCUT2D eigenvalue weighted by Gasteiger charge is 2.54. The van der Waals surface area contributed by atoms with Crippen molar-refractivity contribution < 1.29 is 14.2 Å². The van der Waals surface area contributed by atoms with Gasteiger partial charge in [-0.05, 0) is 214 Å². The van der Waals surface area contributed by atoms with Crippen molar-refractivity contribution in [1.82, 2.24) is 0 Å². The summed E-state index contributed by atoms with van der Waals surface area (Å²) in [5.41, 5.74) is 0.588. The summed E-state index contributed by atoms with van der Waals surface area (Å²) in [4.78, 5) is 0. The summed E-state index contributed by atoms with van der Waals surface area (Å²) >= 11 is 0. The molecular formula is C42H72O3. The lowest BCUT2D eigenvalue weighted by Crippen LogP contribution is -2.51. The Labute approximate surface area is 278 Å². The minimum Gasteiger partial charge on any atom is -0.378 e. The molecule has 0 amide bonds. The number of hydrogen-bond acceptors (Lipinski definition) is 3. The number of rotatable bonds is 8. The SMILES string of the molecule is CC(C)C(C)OC1C2CC3CC(C2)CC1C3.CC(C)OC1C2CC3CC(C2)CC1C3.CCOC(C)C12CC3CC(CC(C3)C1)C2. The summed E-state index contributed by atoms with van der Waals surface area (Å²) in [6.07, 6.45) is 26.6. The van der Waals surface area contributed by atoms with Crippen molar-refractivity contribution in [2.45, 2.75) is 182 Å². The van der Waals surface area contributed by atoms with Gasteiger partial charge in [0.15, 0.2) is 0 Å². The second-order valence-corrected chi connectivity index (χ2v) is 19.4. The van der Waals surface area contributed by atoms with Gasteiger partial charge in [-0.2, -0.15) is 0 Å². The molecule has 12 aliphatic rings. The molecule has 2 unspecified atom stereocenters. The molecule has 0 aromatic heterocycles. The molecule has 0 aliphatic heterocycles. The Bertz CT molecular complexity index is 878. The van der Waals surface area contributed by atoms with Gasteiger partial charge in [0, 0.05) is 6.61 Å². The van der Waals surface area contributed by atoms with Crippen LogP contribution < -0.4 is 0 Å². The fourth-order valence-electron chi connectivity index (χ4n) is 14.0. The van der Waals surface area contributed by atoms with E-state index in [0.717, 1.165) is 71.7 Å². The number of hydrogen-bond donors (Lipinski definition) is 0. The highest BCUT2D eigenvalue weighted by atomic mass is 16.5. The molecule has 258 valence electrons. The lowest BCUT2D eigenvalue weighted by molar-refractivity contribution is -0.155. The fraction of sp³-hybridized carbons (Fsp3) is 1.00. The van der Waals surface area contributed by atoms with Crippen LogP contribution in [0.25, 0.3) is 0 Å². The van der Waals surface area contributed by atoms with E-state index in [1.807, 2.05) is 0 Å². The van der Waals surface area contributed by atoms with Gasteiger partial charge < -0.3 is 14.2 Å². The Morgan fingerprint density at radius 3 is 1.18 bits per heavy atom. The molecule has 45 heavy (non-hydrogen) atoms. The van der Waals surface area contributed by atoms with Crippen molar-refractivity contribution in [2.75, 3.05) is 6.61 Å². The molecule has 0 spiro atoms. The van der Waals surface area contributed by atoms with E-state index in [-0.39, 0.29) is 0 Å². The van der Waals surface area contributed by atoms with Gasteiger partial charge in [-0.25, -0.2) is 0 Å². The van der Waals surface area contributed by atoms with Gasteiger partial charge in [0.1, 0.15) is 0 Å². The minimum atomic E-state index is 0.428. The summed E-state index contributed by atoms with van der Waals surface area (Å²) < 4.78 is 18.4. The zero-order chi connectivity index (χ0) is 31.5. The number of ether oxygens (including phenoxy) is 3. The highest BCUT2D eigenvalue weighted by molar-refractivity contribution is 5.04. The van der Waals surface area contributed by atoms with Crippen molar-refractivity contribution in [3.63, 3.8) is 0 Å². The third kappa shape index (κ3) is 7.13. The van der Waals surface area contributed by atoms with Gasteiger partial charge in [-0.1, -0.05) is 13.8 Å². The van der Waals surface area contributed by atoms with Crippen LogP contribution in [0.5, 0.6) is 0 Å². The predicted octanol–water partition coefficient (Wildman–Crippen LogP) is 10.7. The van der Waals surface area contributed by atoms with Crippen molar-refractivity contribution in [2.24, 2.45) is 76.4 Å². The fourth-order valence-corrected chi connectivity index (χ4v) is 14.0. The Balaban J connectivity index is 0.000000109. The van der Waals surface area contributed by atoms with E-state index in [4.69, 9.17) is 14.2 Å². The zero-order valence-corrected chi connectivity index (χ0v) is 30.6. The molecule has 0 heterocycles. The molecule has 12 saturated carbocycles. The first-order chi connectivity index (χ1) is 21.6. The Morgan fingerprint density at radius 1 is 0.489 bits per heavy atom. The largest absolute Gasteiger partial charge is 0.378 e. The van der Waals surface area contributed by atoms with Crippen LogP contribution in [-0.4, -0.2) is 37.1 Å². The Hall–Kier alpha value is -0.120. The molecule has 3 heteroatoms. The molecule has 0 aromatic rings. The maximum atomic E-state index is 6.39. The first kappa shape index (κ1) is 33.4. The maximum absolute atomic E-state index is 6.39. The van der Waals surface area contributed by atoms with E-state index in [0.29, 0.717) is 41.9 Å². The molecule has 0 N–H and O–H groups in total. The van der Waals surface area contributed by atoms with Gasteiger partial charge in [0.2, 0.25) is 0 Å². The van der Waals surface area contributed by atoms with Gasteiger partial charge >= 0.3 is 0 Å². The molecule has 2 atom stereocenters. The van der Waals surface area contributed by atoms with Crippen LogP contribution in [-0.2, 0) is 14.2 Å². The highest BCUT2D eigenvalue weighted by Crippen LogP contribution is 2.62. The monoisotopic (exact) mass is 625 g/mol. The van der Waals surface area contributed by atoms with Crippen molar-refractivity contribution in [3.05, 3.63) is 0 Å². The quantitative estimate of drug-likeness (QED) is 0.269. The Morgan fingerprint density at radius 2 is 0.844 bits per heavy atom. The molecule has 12 bridgehead atoms. The van der Waals surface area contributed by atoms with E-state index in [1.54, 1.807) is 12.8 Å². The smallest absolute Gasteiger partial charge is 0.0635 e.